The number of nitrogens with one attached hydrogen (secondary N) is 3. The van der Waals surface area contributed by atoms with E-state index in [1.165, 1.54) is 24.3 Å². The Morgan fingerprint density at radius 2 is 1.64 bits per heavy atom. The van der Waals surface area contributed by atoms with E-state index in [1.807, 2.05) is 0 Å². The number of alkyl halides is 3. The van der Waals surface area contributed by atoms with E-state index in [4.69, 9.17) is 47.0 Å². The number of rotatable bonds is 5. The zero-order valence-electron chi connectivity index (χ0n) is 13.8. The summed E-state index contributed by atoms with van der Waals surface area (Å²) in [5.74, 6) is -0.477. The van der Waals surface area contributed by atoms with E-state index < -0.39 is 20.8 Å². The average molecular weight is 527 g/mol. The molecule has 0 bridgehead atoms. The molecule has 7 nitrogen and oxygen atoms in total. The number of nitro groups is 1. The van der Waals surface area contributed by atoms with Crippen LogP contribution < -0.4 is 16.0 Å². The van der Waals surface area contributed by atoms with Crippen molar-refractivity contribution in [2.75, 3.05) is 5.32 Å². The second-order valence-electron chi connectivity index (χ2n) is 5.36. The summed E-state index contributed by atoms with van der Waals surface area (Å²) in [6, 6.07) is 12.2. The van der Waals surface area contributed by atoms with Gasteiger partial charge in [0, 0.05) is 27.9 Å². The summed E-state index contributed by atoms with van der Waals surface area (Å²) in [6.07, 6.45) is -1.15. The molecule has 28 heavy (non-hydrogen) atoms. The van der Waals surface area contributed by atoms with Gasteiger partial charge in [-0.25, -0.2) is 0 Å². The van der Waals surface area contributed by atoms with E-state index in [0.29, 0.717) is 11.3 Å². The van der Waals surface area contributed by atoms with Crippen LogP contribution in [0, 0.1) is 10.1 Å². The molecule has 2 aromatic carbocycles. The summed E-state index contributed by atoms with van der Waals surface area (Å²) < 4.78 is -1.10. The smallest absolute Gasteiger partial charge is 0.269 e. The van der Waals surface area contributed by atoms with E-state index in [2.05, 4.69) is 31.9 Å². The zero-order valence-corrected chi connectivity index (χ0v) is 18.5. The highest BCUT2D eigenvalue weighted by Gasteiger charge is 2.34. The van der Waals surface area contributed by atoms with E-state index in [0.717, 1.165) is 4.47 Å². The van der Waals surface area contributed by atoms with Crippen LogP contribution in [0.25, 0.3) is 0 Å². The molecular weight excluding hydrogens is 515 g/mol. The first-order chi connectivity index (χ1) is 13.1. The minimum Gasteiger partial charge on any atom is -0.339 e. The first-order valence-corrected chi connectivity index (χ1v) is 9.85. The van der Waals surface area contributed by atoms with Gasteiger partial charge in [0.1, 0.15) is 6.17 Å². The molecule has 0 fully saturated rings. The van der Waals surface area contributed by atoms with Gasteiger partial charge in [-0.05, 0) is 48.6 Å². The van der Waals surface area contributed by atoms with Crippen LogP contribution in [0.2, 0.25) is 0 Å². The van der Waals surface area contributed by atoms with Gasteiger partial charge in [0.05, 0.1) is 4.92 Å². The number of hydrogen-bond acceptors (Lipinski definition) is 4. The monoisotopic (exact) mass is 524 g/mol. The number of carbonyl (C=O) groups is 1. The highest BCUT2D eigenvalue weighted by Crippen LogP contribution is 2.29. The van der Waals surface area contributed by atoms with Crippen LogP contribution in [0.15, 0.2) is 53.0 Å². The number of thiocarbonyl (C=S) groups is 1. The lowest BCUT2D eigenvalue weighted by Crippen LogP contribution is -2.56. The van der Waals surface area contributed by atoms with Crippen LogP contribution in [0.4, 0.5) is 11.4 Å². The number of carbonyl (C=O) groups excluding carboxylic acids is 1. The maximum absolute atomic E-state index is 12.4. The van der Waals surface area contributed by atoms with Crippen molar-refractivity contribution >= 4 is 85.3 Å². The topological polar surface area (TPSA) is 96.3 Å². The van der Waals surface area contributed by atoms with Crippen molar-refractivity contribution in [3.63, 3.8) is 0 Å². The number of nitrogens with zero attached hydrogens (tertiary/aromatic N) is 1. The van der Waals surface area contributed by atoms with Gasteiger partial charge in [-0.2, -0.15) is 0 Å². The quantitative estimate of drug-likeness (QED) is 0.171. The van der Waals surface area contributed by atoms with Gasteiger partial charge in [0.15, 0.2) is 5.11 Å². The van der Waals surface area contributed by atoms with E-state index in [1.54, 1.807) is 24.3 Å². The number of hydrogen-bond donors (Lipinski definition) is 3. The third-order valence-electron chi connectivity index (χ3n) is 3.32. The maximum atomic E-state index is 12.4. The summed E-state index contributed by atoms with van der Waals surface area (Å²) in [4.78, 5) is 22.6. The lowest BCUT2D eigenvalue weighted by molar-refractivity contribution is -0.384. The highest BCUT2D eigenvalue weighted by atomic mass is 79.9. The highest BCUT2D eigenvalue weighted by molar-refractivity contribution is 9.10. The second-order valence-corrected chi connectivity index (χ2v) is 9.05. The molecule has 3 N–H and O–H groups in total. The molecule has 1 amide bonds. The minimum atomic E-state index is -1.91. The van der Waals surface area contributed by atoms with Gasteiger partial charge in [0.25, 0.3) is 11.6 Å². The van der Waals surface area contributed by atoms with Crippen LogP contribution in [0.5, 0.6) is 0 Å². The predicted molar refractivity (Wildman–Crippen MR) is 118 cm³/mol. The van der Waals surface area contributed by atoms with E-state index in [-0.39, 0.29) is 10.8 Å². The molecule has 0 aromatic heterocycles. The fourth-order valence-electron chi connectivity index (χ4n) is 1.98. The molecule has 0 aliphatic heterocycles. The van der Waals surface area contributed by atoms with Crippen LogP contribution in [-0.4, -0.2) is 25.9 Å². The fourth-order valence-corrected chi connectivity index (χ4v) is 2.81. The lowest BCUT2D eigenvalue weighted by Gasteiger charge is -2.27. The molecule has 0 spiro atoms. The first-order valence-electron chi connectivity index (χ1n) is 7.51. The number of nitro benzene ring substituents is 1. The number of non-ortho nitro benzene ring substituents is 1. The third kappa shape index (κ3) is 6.75. The Balaban J connectivity index is 2.04. The Morgan fingerprint density at radius 1 is 1.07 bits per heavy atom. The summed E-state index contributed by atoms with van der Waals surface area (Å²) in [7, 11) is 0. The molecule has 12 heteroatoms. The number of amides is 1. The lowest BCUT2D eigenvalue weighted by atomic mass is 10.2. The van der Waals surface area contributed by atoms with Gasteiger partial charge in [-0.3, -0.25) is 14.9 Å². The number of benzene rings is 2. The molecule has 148 valence electrons. The van der Waals surface area contributed by atoms with Gasteiger partial charge in [0.2, 0.25) is 3.79 Å². The van der Waals surface area contributed by atoms with Crippen LogP contribution in [-0.2, 0) is 0 Å². The second kappa shape index (κ2) is 9.71. The van der Waals surface area contributed by atoms with Crippen molar-refractivity contribution in [2.45, 2.75) is 9.96 Å². The van der Waals surface area contributed by atoms with Crippen molar-refractivity contribution in [3.8, 4) is 0 Å². The molecule has 0 unspecified atom stereocenters. The standard InChI is InChI=1S/C16H12BrCl3N4O3S/c17-10-3-1-9(2-4-10)13(25)22-14(16(18,19)20)23-15(28)21-11-5-7-12(8-6-11)24(26)27/h1-8,14H,(H,22,25)(H2,21,23,28)/t14-/m0/s1. The van der Waals surface area contributed by atoms with Crippen LogP contribution >= 0.6 is 63.0 Å². The summed E-state index contributed by atoms with van der Waals surface area (Å²) in [5, 5.41) is 18.8. The molecule has 0 aliphatic carbocycles. The van der Waals surface area contributed by atoms with E-state index >= 15 is 0 Å². The largest absolute Gasteiger partial charge is 0.339 e. The zero-order chi connectivity index (χ0) is 20.9. The summed E-state index contributed by atoms with van der Waals surface area (Å²) in [6.45, 7) is 0. The number of anilines is 1. The SMILES string of the molecule is O=C(N[C@@H](NC(=S)Nc1ccc([N+](=O)[O-])cc1)C(Cl)(Cl)Cl)c1ccc(Br)cc1. The molecule has 0 radical (unpaired) electrons. The molecule has 2 rings (SSSR count). The summed E-state index contributed by atoms with van der Waals surface area (Å²) in [5.41, 5.74) is 0.772. The average Bonchev–Trinajstić information content (AvgIpc) is 2.61. The van der Waals surface area contributed by atoms with Gasteiger partial charge in [-0.15, -0.1) is 0 Å². The molecule has 0 heterocycles. The Labute approximate surface area is 189 Å². The van der Waals surface area contributed by atoms with Crippen LogP contribution in [0.3, 0.4) is 0 Å². The van der Waals surface area contributed by atoms with Gasteiger partial charge < -0.3 is 16.0 Å². The molecule has 1 atom stereocenters. The van der Waals surface area contributed by atoms with Gasteiger partial charge in [-0.1, -0.05) is 50.7 Å². The van der Waals surface area contributed by atoms with Crippen molar-refractivity contribution < 1.29 is 9.72 Å². The maximum Gasteiger partial charge on any atom is 0.269 e. The molecule has 0 aliphatic rings. The molecule has 0 saturated heterocycles. The van der Waals surface area contributed by atoms with Crippen molar-refractivity contribution in [1.82, 2.24) is 10.6 Å². The van der Waals surface area contributed by atoms with Crippen molar-refractivity contribution in [3.05, 3.63) is 68.7 Å². The minimum absolute atomic E-state index is 0.0429. The van der Waals surface area contributed by atoms with E-state index in [9.17, 15) is 14.9 Å². The third-order valence-corrected chi connectivity index (χ3v) is 4.72. The molecular formula is C16H12BrCl3N4O3S. The summed E-state index contributed by atoms with van der Waals surface area (Å²) >= 11 is 26.3. The normalized spacial score (nSPS) is 12.0. The molecule has 0 saturated carbocycles. The predicted octanol–water partition coefficient (Wildman–Crippen LogP) is 4.77. The Morgan fingerprint density at radius 3 is 2.14 bits per heavy atom. The Bertz CT molecular complexity index is 876. The first kappa shape index (κ1) is 22.6. The fraction of sp³-hybridized carbons (Fsp3) is 0.125. The van der Waals surface area contributed by atoms with Crippen LogP contribution in [0.1, 0.15) is 10.4 Å². The molecule has 2 aromatic rings. The van der Waals surface area contributed by atoms with Gasteiger partial charge >= 0.3 is 0 Å². The Hall–Kier alpha value is -1.65. The van der Waals surface area contributed by atoms with Crippen molar-refractivity contribution in [2.24, 2.45) is 0 Å². The van der Waals surface area contributed by atoms with Crippen molar-refractivity contribution in [1.29, 1.82) is 0 Å². The Kier molecular flexibility index (Phi) is 7.85. The number of halogens is 4.